The molecule has 0 radical (unpaired) electrons. The van der Waals surface area contributed by atoms with E-state index in [2.05, 4.69) is 10.1 Å². The number of rotatable bonds is 5. The fourth-order valence-electron chi connectivity index (χ4n) is 3.14. The lowest BCUT2D eigenvalue weighted by Crippen LogP contribution is -2.24. The van der Waals surface area contributed by atoms with E-state index in [4.69, 9.17) is 16.3 Å². The van der Waals surface area contributed by atoms with Crippen molar-refractivity contribution in [1.29, 1.82) is 0 Å². The van der Waals surface area contributed by atoms with Crippen LogP contribution >= 0.6 is 11.6 Å². The molecule has 0 N–H and O–H groups in total. The largest absolute Gasteiger partial charge is 0.450 e. The van der Waals surface area contributed by atoms with Gasteiger partial charge in [0.05, 0.1) is 12.7 Å². The number of hydrogen-bond donors (Lipinski definition) is 0. The van der Waals surface area contributed by atoms with Crippen LogP contribution in [0.3, 0.4) is 0 Å². The first-order valence-electron chi connectivity index (χ1n) is 9.12. The van der Waals surface area contributed by atoms with Crippen LogP contribution in [0.1, 0.15) is 17.0 Å². The standard InChI is InChI=1S/C22H19ClN4O2/c1-15-10-11-16(2)27(15)21-18(9-6-12-24-21)29-19-13-25-26(22(28)20(19)23)14-17-7-4-3-5-8-17/h3-13H,14H2,1-2H3. The number of aryl methyl sites for hydroxylation is 2. The summed E-state index contributed by atoms with van der Waals surface area (Å²) in [6, 6.07) is 17.2. The highest BCUT2D eigenvalue weighted by Gasteiger charge is 2.16. The Hall–Kier alpha value is -3.38. The summed E-state index contributed by atoms with van der Waals surface area (Å²) < 4.78 is 9.26. The number of ether oxygens (including phenoxy) is 1. The number of aromatic nitrogens is 4. The Morgan fingerprint density at radius 3 is 2.41 bits per heavy atom. The first-order chi connectivity index (χ1) is 14.0. The maximum Gasteiger partial charge on any atom is 0.289 e. The number of halogens is 1. The van der Waals surface area contributed by atoms with Crippen molar-refractivity contribution in [3.63, 3.8) is 0 Å². The van der Waals surface area contributed by atoms with E-state index < -0.39 is 5.56 Å². The molecule has 146 valence electrons. The van der Waals surface area contributed by atoms with E-state index in [0.29, 0.717) is 18.1 Å². The molecule has 0 unspecified atom stereocenters. The molecule has 0 aliphatic heterocycles. The molecular formula is C22H19ClN4O2. The summed E-state index contributed by atoms with van der Waals surface area (Å²) in [6.45, 7) is 4.31. The Bertz CT molecular complexity index is 1200. The Labute approximate surface area is 173 Å². The SMILES string of the molecule is Cc1ccc(C)n1-c1ncccc1Oc1cnn(Cc2ccccc2)c(=O)c1Cl. The first-order valence-corrected chi connectivity index (χ1v) is 9.50. The molecule has 6 nitrogen and oxygen atoms in total. The van der Waals surface area contributed by atoms with E-state index in [1.54, 1.807) is 18.3 Å². The van der Waals surface area contributed by atoms with Gasteiger partial charge < -0.3 is 9.30 Å². The molecule has 0 bridgehead atoms. The zero-order chi connectivity index (χ0) is 20.4. The molecule has 0 aliphatic rings. The lowest BCUT2D eigenvalue weighted by atomic mass is 10.2. The Kier molecular flexibility index (Phi) is 5.18. The van der Waals surface area contributed by atoms with Crippen LogP contribution in [0.5, 0.6) is 11.5 Å². The third-order valence-corrected chi connectivity index (χ3v) is 4.93. The van der Waals surface area contributed by atoms with Crippen LogP contribution in [-0.2, 0) is 6.54 Å². The van der Waals surface area contributed by atoms with Gasteiger partial charge in [-0.3, -0.25) is 4.79 Å². The Morgan fingerprint density at radius 1 is 0.966 bits per heavy atom. The lowest BCUT2D eigenvalue weighted by molar-refractivity contribution is 0.465. The van der Waals surface area contributed by atoms with E-state index in [1.165, 1.54) is 10.9 Å². The molecule has 3 heterocycles. The molecule has 0 amide bonds. The number of pyridine rings is 1. The van der Waals surface area contributed by atoms with Crippen molar-refractivity contribution in [3.8, 4) is 17.3 Å². The van der Waals surface area contributed by atoms with Crippen molar-refractivity contribution in [2.24, 2.45) is 0 Å². The summed E-state index contributed by atoms with van der Waals surface area (Å²) in [5.41, 5.74) is 2.59. The fraction of sp³-hybridized carbons (Fsp3) is 0.136. The first kappa shape index (κ1) is 19.0. The zero-order valence-electron chi connectivity index (χ0n) is 16.0. The summed E-state index contributed by atoms with van der Waals surface area (Å²) in [5, 5.41) is 4.20. The van der Waals surface area contributed by atoms with Gasteiger partial charge in [0.15, 0.2) is 22.3 Å². The molecular weight excluding hydrogens is 388 g/mol. The summed E-state index contributed by atoms with van der Waals surface area (Å²) in [7, 11) is 0. The minimum atomic E-state index is -0.410. The van der Waals surface area contributed by atoms with Gasteiger partial charge in [-0.05, 0) is 43.7 Å². The summed E-state index contributed by atoms with van der Waals surface area (Å²) >= 11 is 6.33. The van der Waals surface area contributed by atoms with Crippen molar-refractivity contribution in [1.82, 2.24) is 19.3 Å². The van der Waals surface area contributed by atoms with E-state index >= 15 is 0 Å². The second-order valence-corrected chi connectivity index (χ2v) is 7.03. The Balaban J connectivity index is 1.68. The molecule has 0 atom stereocenters. The smallest absolute Gasteiger partial charge is 0.289 e. The minimum absolute atomic E-state index is 0.0216. The van der Waals surface area contributed by atoms with Crippen LogP contribution in [0.15, 0.2) is 71.8 Å². The predicted molar refractivity (Wildman–Crippen MR) is 112 cm³/mol. The van der Waals surface area contributed by atoms with Crippen molar-refractivity contribution >= 4 is 11.6 Å². The second kappa shape index (κ2) is 7.93. The highest BCUT2D eigenvalue weighted by molar-refractivity contribution is 6.31. The average Bonchev–Trinajstić information content (AvgIpc) is 3.07. The summed E-state index contributed by atoms with van der Waals surface area (Å²) in [6.07, 6.45) is 3.15. The molecule has 0 saturated carbocycles. The maximum atomic E-state index is 12.7. The highest BCUT2D eigenvalue weighted by Crippen LogP contribution is 2.31. The van der Waals surface area contributed by atoms with Crippen LogP contribution in [0.25, 0.3) is 5.82 Å². The van der Waals surface area contributed by atoms with Gasteiger partial charge in [0.1, 0.15) is 0 Å². The monoisotopic (exact) mass is 406 g/mol. The third-order valence-electron chi connectivity index (χ3n) is 4.58. The fourth-order valence-corrected chi connectivity index (χ4v) is 3.33. The van der Waals surface area contributed by atoms with Gasteiger partial charge in [0, 0.05) is 17.6 Å². The minimum Gasteiger partial charge on any atom is -0.450 e. The number of nitrogens with zero attached hydrogens (tertiary/aromatic N) is 4. The second-order valence-electron chi connectivity index (χ2n) is 6.65. The maximum absolute atomic E-state index is 12.7. The number of benzene rings is 1. The average molecular weight is 407 g/mol. The molecule has 0 fully saturated rings. The number of hydrogen-bond acceptors (Lipinski definition) is 4. The lowest BCUT2D eigenvalue weighted by Gasteiger charge is -2.15. The Morgan fingerprint density at radius 2 is 1.69 bits per heavy atom. The third kappa shape index (κ3) is 3.79. The molecule has 4 aromatic rings. The van der Waals surface area contributed by atoms with Crippen LogP contribution in [0.4, 0.5) is 0 Å². The van der Waals surface area contributed by atoms with E-state index in [-0.39, 0.29) is 10.8 Å². The normalized spacial score (nSPS) is 10.9. The predicted octanol–water partition coefficient (Wildman–Crippen LogP) is 4.54. The van der Waals surface area contributed by atoms with Gasteiger partial charge >= 0.3 is 0 Å². The summed E-state index contributed by atoms with van der Waals surface area (Å²) in [4.78, 5) is 17.1. The molecule has 0 aliphatic carbocycles. The van der Waals surface area contributed by atoms with Crippen LogP contribution in [0.2, 0.25) is 5.02 Å². The molecule has 0 spiro atoms. The van der Waals surface area contributed by atoms with Crippen molar-refractivity contribution in [2.75, 3.05) is 0 Å². The van der Waals surface area contributed by atoms with Gasteiger partial charge in [0.2, 0.25) is 0 Å². The van der Waals surface area contributed by atoms with Gasteiger partial charge in [-0.25, -0.2) is 9.67 Å². The van der Waals surface area contributed by atoms with Crippen molar-refractivity contribution in [3.05, 3.63) is 99.3 Å². The topological polar surface area (TPSA) is 61.9 Å². The van der Waals surface area contributed by atoms with Crippen molar-refractivity contribution in [2.45, 2.75) is 20.4 Å². The molecule has 0 saturated heterocycles. The van der Waals surface area contributed by atoms with Crippen LogP contribution < -0.4 is 10.3 Å². The van der Waals surface area contributed by atoms with Crippen LogP contribution in [0, 0.1) is 13.8 Å². The van der Waals surface area contributed by atoms with Crippen molar-refractivity contribution < 1.29 is 4.74 Å². The van der Waals surface area contributed by atoms with E-state index in [9.17, 15) is 4.79 Å². The molecule has 7 heteroatoms. The van der Waals surface area contributed by atoms with Gasteiger partial charge in [0.25, 0.3) is 5.56 Å². The zero-order valence-corrected chi connectivity index (χ0v) is 16.8. The van der Waals surface area contributed by atoms with Gasteiger partial charge in [-0.1, -0.05) is 41.9 Å². The van der Waals surface area contributed by atoms with Gasteiger partial charge in [-0.15, -0.1) is 0 Å². The molecule has 29 heavy (non-hydrogen) atoms. The van der Waals surface area contributed by atoms with E-state index in [0.717, 1.165) is 17.0 Å². The van der Waals surface area contributed by atoms with Gasteiger partial charge in [-0.2, -0.15) is 5.10 Å². The molecule has 4 rings (SSSR count). The quantitative estimate of drug-likeness (QED) is 0.488. The van der Waals surface area contributed by atoms with E-state index in [1.807, 2.05) is 60.9 Å². The molecule has 1 aromatic carbocycles. The highest BCUT2D eigenvalue weighted by atomic mass is 35.5. The van der Waals surface area contributed by atoms with Crippen LogP contribution in [-0.4, -0.2) is 19.3 Å². The molecule has 3 aromatic heterocycles. The summed E-state index contributed by atoms with van der Waals surface area (Å²) in [5.74, 6) is 1.30.